The largest absolute Gasteiger partial charge is 0.445 e. The molecule has 0 aromatic heterocycles. The van der Waals surface area contributed by atoms with Gasteiger partial charge in [0.1, 0.15) is 13.2 Å². The maximum Gasteiger partial charge on any atom is 0.407 e. The van der Waals surface area contributed by atoms with Crippen LogP contribution in [-0.2, 0) is 22.7 Å². The minimum absolute atomic E-state index is 0.0169. The molecule has 0 aliphatic heterocycles. The number of amides is 2. The van der Waals surface area contributed by atoms with Gasteiger partial charge in [0.15, 0.2) is 0 Å². The van der Waals surface area contributed by atoms with Crippen molar-refractivity contribution in [2.24, 2.45) is 0 Å². The molecule has 7 heteroatoms. The molecule has 7 nitrogen and oxygen atoms in total. The van der Waals surface area contributed by atoms with Gasteiger partial charge in [0.2, 0.25) is 0 Å². The first-order chi connectivity index (χ1) is 13.6. The summed E-state index contributed by atoms with van der Waals surface area (Å²) in [6, 6.07) is 17.9. The van der Waals surface area contributed by atoms with E-state index in [9.17, 15) is 14.7 Å². The van der Waals surface area contributed by atoms with E-state index in [-0.39, 0.29) is 19.8 Å². The molecule has 0 radical (unpaired) electrons. The fourth-order valence-electron chi connectivity index (χ4n) is 2.45. The van der Waals surface area contributed by atoms with Crippen molar-refractivity contribution in [2.75, 3.05) is 6.54 Å². The van der Waals surface area contributed by atoms with Gasteiger partial charge in [0.05, 0.1) is 12.1 Å². The van der Waals surface area contributed by atoms with E-state index in [2.05, 4.69) is 10.6 Å². The molecule has 0 aliphatic rings. The highest BCUT2D eigenvalue weighted by atomic mass is 16.6. The molecule has 150 valence electrons. The lowest BCUT2D eigenvalue weighted by molar-refractivity contribution is 0.0952. The van der Waals surface area contributed by atoms with E-state index in [1.54, 1.807) is 6.92 Å². The van der Waals surface area contributed by atoms with Gasteiger partial charge in [-0.2, -0.15) is 0 Å². The lowest BCUT2D eigenvalue weighted by Gasteiger charge is -2.23. The van der Waals surface area contributed by atoms with Crippen molar-refractivity contribution >= 4 is 12.2 Å². The van der Waals surface area contributed by atoms with Gasteiger partial charge >= 0.3 is 12.2 Å². The van der Waals surface area contributed by atoms with E-state index in [0.717, 1.165) is 11.1 Å². The number of benzene rings is 2. The fourth-order valence-corrected chi connectivity index (χ4v) is 2.45. The Morgan fingerprint density at radius 1 is 0.893 bits per heavy atom. The molecular formula is C21H26N2O5. The molecule has 2 amide bonds. The number of nitrogens with one attached hydrogen (secondary N) is 2. The Bertz CT molecular complexity index is 724. The highest BCUT2D eigenvalue weighted by Gasteiger charge is 2.21. The molecule has 0 aliphatic carbocycles. The third-order valence-electron chi connectivity index (χ3n) is 4.08. The third kappa shape index (κ3) is 7.67. The van der Waals surface area contributed by atoms with Gasteiger partial charge in [0, 0.05) is 6.54 Å². The summed E-state index contributed by atoms with van der Waals surface area (Å²) in [5.74, 6) is 0. The first-order valence-electron chi connectivity index (χ1n) is 9.18. The van der Waals surface area contributed by atoms with Crippen LogP contribution in [0.25, 0.3) is 0 Å². The Balaban J connectivity index is 1.76. The minimum atomic E-state index is -0.835. The van der Waals surface area contributed by atoms with Gasteiger partial charge in [-0.3, -0.25) is 0 Å². The molecule has 0 heterocycles. The molecule has 0 saturated heterocycles. The van der Waals surface area contributed by atoms with Gasteiger partial charge in [0.25, 0.3) is 0 Å². The zero-order valence-electron chi connectivity index (χ0n) is 15.8. The van der Waals surface area contributed by atoms with E-state index < -0.39 is 24.3 Å². The zero-order chi connectivity index (χ0) is 20.2. The Hall–Kier alpha value is -3.06. The average Bonchev–Trinajstić information content (AvgIpc) is 2.74. The van der Waals surface area contributed by atoms with E-state index in [1.165, 1.54) is 0 Å². The Kier molecular flexibility index (Phi) is 8.81. The molecule has 0 unspecified atom stereocenters. The number of aliphatic hydroxyl groups excluding tert-OH is 1. The van der Waals surface area contributed by atoms with Crippen LogP contribution in [0.5, 0.6) is 0 Å². The van der Waals surface area contributed by atoms with E-state index >= 15 is 0 Å². The normalized spacial score (nSPS) is 12.5. The summed E-state index contributed by atoms with van der Waals surface area (Å²) in [5.41, 5.74) is 1.72. The third-order valence-corrected chi connectivity index (χ3v) is 4.08. The van der Waals surface area contributed by atoms with Gasteiger partial charge < -0.3 is 25.2 Å². The topological polar surface area (TPSA) is 96.9 Å². The summed E-state index contributed by atoms with van der Waals surface area (Å²) in [5, 5.41) is 15.3. The summed E-state index contributed by atoms with van der Waals surface area (Å²) in [6.45, 7) is 2.06. The highest BCUT2D eigenvalue weighted by Crippen LogP contribution is 2.04. The first-order valence-corrected chi connectivity index (χ1v) is 9.18. The van der Waals surface area contributed by atoms with Crippen LogP contribution < -0.4 is 10.6 Å². The zero-order valence-corrected chi connectivity index (χ0v) is 15.8. The predicted molar refractivity (Wildman–Crippen MR) is 104 cm³/mol. The second kappa shape index (κ2) is 11.6. The van der Waals surface area contributed by atoms with Crippen LogP contribution in [0.4, 0.5) is 9.59 Å². The van der Waals surface area contributed by atoms with Crippen molar-refractivity contribution in [1.82, 2.24) is 10.6 Å². The van der Waals surface area contributed by atoms with Gasteiger partial charge in [-0.15, -0.1) is 0 Å². The Morgan fingerprint density at radius 2 is 1.39 bits per heavy atom. The van der Waals surface area contributed by atoms with Crippen molar-refractivity contribution in [1.29, 1.82) is 0 Å². The van der Waals surface area contributed by atoms with Crippen molar-refractivity contribution in [3.8, 4) is 0 Å². The molecule has 2 aromatic carbocycles. The minimum Gasteiger partial charge on any atom is -0.445 e. The van der Waals surface area contributed by atoms with Crippen LogP contribution in [0.3, 0.4) is 0 Å². The molecule has 0 spiro atoms. The molecular weight excluding hydrogens is 360 g/mol. The Morgan fingerprint density at radius 3 is 1.89 bits per heavy atom. The number of hydrogen-bond donors (Lipinski definition) is 3. The number of carbonyl (C=O) groups is 2. The maximum atomic E-state index is 12.0. The number of carbonyl (C=O) groups excluding carboxylic acids is 2. The van der Waals surface area contributed by atoms with Crippen LogP contribution >= 0.6 is 0 Å². The molecule has 2 atom stereocenters. The summed E-state index contributed by atoms with van der Waals surface area (Å²) < 4.78 is 10.3. The lowest BCUT2D eigenvalue weighted by atomic mass is 10.1. The molecule has 3 N–H and O–H groups in total. The number of ether oxygens (including phenoxy) is 2. The van der Waals surface area contributed by atoms with Crippen LogP contribution in [0.15, 0.2) is 60.7 Å². The molecule has 0 bridgehead atoms. The second-order valence-corrected chi connectivity index (χ2v) is 6.23. The average molecular weight is 386 g/mol. The summed E-state index contributed by atoms with van der Waals surface area (Å²) in [6.07, 6.45) is -1.72. The number of hydrogen-bond acceptors (Lipinski definition) is 5. The predicted octanol–water partition coefficient (Wildman–Crippen LogP) is 2.98. The van der Waals surface area contributed by atoms with Crippen molar-refractivity contribution in [3.63, 3.8) is 0 Å². The first kappa shape index (κ1) is 21.2. The lowest BCUT2D eigenvalue weighted by Crippen LogP contribution is -2.50. The van der Waals surface area contributed by atoms with Crippen molar-refractivity contribution < 1.29 is 24.2 Å². The van der Waals surface area contributed by atoms with Gasteiger partial charge in [-0.05, 0) is 17.5 Å². The highest BCUT2D eigenvalue weighted by molar-refractivity contribution is 5.69. The quantitative estimate of drug-likeness (QED) is 0.616. The SMILES string of the molecule is CC[C@@H](O)[C@H](CNC(=O)OCc1ccccc1)NC(=O)OCc1ccccc1. The monoisotopic (exact) mass is 386 g/mol. The molecule has 2 aromatic rings. The number of aliphatic hydroxyl groups is 1. The summed E-state index contributed by atoms with van der Waals surface area (Å²) >= 11 is 0. The summed E-state index contributed by atoms with van der Waals surface area (Å²) in [7, 11) is 0. The second-order valence-electron chi connectivity index (χ2n) is 6.23. The summed E-state index contributed by atoms with van der Waals surface area (Å²) in [4.78, 5) is 23.9. The van der Waals surface area contributed by atoms with E-state index in [1.807, 2.05) is 60.7 Å². The number of alkyl carbamates (subject to hydrolysis) is 2. The standard InChI is InChI=1S/C21H26N2O5/c1-2-19(24)18(23-21(26)28-15-17-11-7-4-8-12-17)13-22-20(25)27-14-16-9-5-3-6-10-16/h3-12,18-19,24H,2,13-15H2,1H3,(H,22,25)(H,23,26)/t18-,19+/m0/s1. The van der Waals surface area contributed by atoms with Crippen LogP contribution in [0.1, 0.15) is 24.5 Å². The number of rotatable bonds is 9. The van der Waals surface area contributed by atoms with Crippen molar-refractivity contribution in [3.05, 3.63) is 71.8 Å². The van der Waals surface area contributed by atoms with E-state index in [0.29, 0.717) is 6.42 Å². The smallest absolute Gasteiger partial charge is 0.407 e. The molecule has 28 heavy (non-hydrogen) atoms. The van der Waals surface area contributed by atoms with E-state index in [4.69, 9.17) is 9.47 Å². The van der Waals surface area contributed by atoms with Crippen LogP contribution in [0.2, 0.25) is 0 Å². The van der Waals surface area contributed by atoms with Gasteiger partial charge in [-0.25, -0.2) is 9.59 Å². The van der Waals surface area contributed by atoms with Crippen LogP contribution in [0, 0.1) is 0 Å². The van der Waals surface area contributed by atoms with Gasteiger partial charge in [-0.1, -0.05) is 67.6 Å². The maximum absolute atomic E-state index is 12.0. The fraction of sp³-hybridized carbons (Fsp3) is 0.333. The van der Waals surface area contributed by atoms with Crippen LogP contribution in [-0.4, -0.2) is 36.0 Å². The molecule has 2 rings (SSSR count). The molecule has 0 fully saturated rings. The molecule has 0 saturated carbocycles. The van der Waals surface area contributed by atoms with Crippen molar-refractivity contribution in [2.45, 2.75) is 38.7 Å². The Labute approximate surface area is 164 Å².